The van der Waals surface area contributed by atoms with Gasteiger partial charge in [0.05, 0.1) is 12.2 Å². The summed E-state index contributed by atoms with van der Waals surface area (Å²) in [5, 5.41) is 7.61. The predicted molar refractivity (Wildman–Crippen MR) is 112 cm³/mol. The van der Waals surface area contributed by atoms with Gasteiger partial charge in [-0.05, 0) is 37.6 Å². The van der Waals surface area contributed by atoms with E-state index in [0.717, 1.165) is 11.3 Å². The van der Waals surface area contributed by atoms with Crippen molar-refractivity contribution in [3.63, 3.8) is 0 Å². The molecule has 0 saturated carbocycles. The van der Waals surface area contributed by atoms with Crippen molar-refractivity contribution in [1.29, 1.82) is 0 Å². The number of carbonyl (C=O) groups is 2. The van der Waals surface area contributed by atoms with Gasteiger partial charge in [-0.15, -0.1) is 0 Å². The first-order valence-electron chi connectivity index (χ1n) is 10.2. The first-order valence-corrected chi connectivity index (χ1v) is 10.2. The van der Waals surface area contributed by atoms with Crippen LogP contribution in [0.5, 0.6) is 0 Å². The van der Waals surface area contributed by atoms with E-state index in [0.29, 0.717) is 43.0 Å². The Bertz CT molecular complexity index is 1030. The molecular weight excluding hydrogens is 385 g/mol. The second-order valence-electron chi connectivity index (χ2n) is 9.33. The average Bonchev–Trinajstić information content (AvgIpc) is 2.94. The number of hydrogen-bond donors (Lipinski definition) is 1. The van der Waals surface area contributed by atoms with Gasteiger partial charge in [0.25, 0.3) is 5.91 Å². The first-order chi connectivity index (χ1) is 14.1. The van der Waals surface area contributed by atoms with Crippen molar-refractivity contribution in [2.75, 3.05) is 18.9 Å². The van der Waals surface area contributed by atoms with Gasteiger partial charge in [0, 0.05) is 49.3 Å². The summed E-state index contributed by atoms with van der Waals surface area (Å²) in [4.78, 5) is 29.5. The zero-order valence-electron chi connectivity index (χ0n) is 18.1. The van der Waals surface area contributed by atoms with Crippen molar-refractivity contribution in [3.8, 4) is 0 Å². The number of benzene rings is 1. The number of aryl methyl sites for hydroxylation is 1. The number of nitrogens with one attached hydrogen (secondary N) is 1. The number of amides is 3. The number of rotatable bonds is 1. The minimum atomic E-state index is -0.308. The summed E-state index contributed by atoms with van der Waals surface area (Å²) in [6.07, 6.45) is 0.586. The standard InChI is InChI=1S/C22H28FN5O2/c1-13-8-15(6-7-17(13)23)24-21(30)27-10-16-18(9-14(27)2)25-28-12-22(3,4)11-26(5)20(29)19(16)28/h6-8,14H,9-12H2,1-5H3,(H,24,30)/t14-/m1/s1. The van der Waals surface area contributed by atoms with Crippen molar-refractivity contribution >= 4 is 17.6 Å². The number of hydrogen-bond acceptors (Lipinski definition) is 3. The van der Waals surface area contributed by atoms with Crippen molar-refractivity contribution in [2.24, 2.45) is 5.41 Å². The lowest BCUT2D eigenvalue weighted by Gasteiger charge is -2.33. The van der Waals surface area contributed by atoms with E-state index >= 15 is 0 Å². The monoisotopic (exact) mass is 413 g/mol. The molecule has 2 aliphatic heterocycles. The summed E-state index contributed by atoms with van der Waals surface area (Å²) in [6, 6.07) is 4.16. The zero-order valence-corrected chi connectivity index (χ0v) is 18.1. The summed E-state index contributed by atoms with van der Waals surface area (Å²) in [7, 11) is 1.81. The van der Waals surface area contributed by atoms with E-state index in [4.69, 9.17) is 5.10 Å². The van der Waals surface area contributed by atoms with Gasteiger partial charge in [-0.25, -0.2) is 9.18 Å². The van der Waals surface area contributed by atoms with E-state index in [-0.39, 0.29) is 29.2 Å². The largest absolute Gasteiger partial charge is 0.340 e. The van der Waals surface area contributed by atoms with Gasteiger partial charge in [0.15, 0.2) is 0 Å². The smallest absolute Gasteiger partial charge is 0.322 e. The molecule has 0 bridgehead atoms. The van der Waals surface area contributed by atoms with Gasteiger partial charge in [0.1, 0.15) is 11.5 Å². The van der Waals surface area contributed by atoms with Crippen molar-refractivity contribution in [3.05, 3.63) is 46.5 Å². The molecule has 0 radical (unpaired) electrons. The maximum atomic E-state index is 13.5. The van der Waals surface area contributed by atoms with E-state index in [2.05, 4.69) is 19.2 Å². The summed E-state index contributed by atoms with van der Waals surface area (Å²) in [5.74, 6) is -0.365. The van der Waals surface area contributed by atoms with Crippen LogP contribution in [0.3, 0.4) is 0 Å². The Hall–Kier alpha value is -2.90. The fraction of sp³-hybridized carbons (Fsp3) is 0.500. The molecule has 7 nitrogen and oxygen atoms in total. The molecule has 3 heterocycles. The molecule has 0 spiro atoms. The molecule has 0 saturated heterocycles. The molecule has 2 aliphatic rings. The molecule has 30 heavy (non-hydrogen) atoms. The third-order valence-corrected chi connectivity index (χ3v) is 5.95. The van der Waals surface area contributed by atoms with Crippen LogP contribution in [0.25, 0.3) is 0 Å². The Labute approximate surface area is 175 Å². The molecule has 0 unspecified atom stereocenters. The highest BCUT2D eigenvalue weighted by atomic mass is 19.1. The molecule has 3 amide bonds. The molecule has 0 aliphatic carbocycles. The second kappa shape index (κ2) is 7.11. The highest BCUT2D eigenvalue weighted by Crippen LogP contribution is 2.32. The maximum Gasteiger partial charge on any atom is 0.322 e. The van der Waals surface area contributed by atoms with E-state index < -0.39 is 0 Å². The van der Waals surface area contributed by atoms with E-state index in [9.17, 15) is 14.0 Å². The van der Waals surface area contributed by atoms with Crippen molar-refractivity contribution in [2.45, 2.75) is 53.2 Å². The maximum absolute atomic E-state index is 13.5. The summed E-state index contributed by atoms with van der Waals surface area (Å²) in [6.45, 7) is 9.50. The molecule has 1 aromatic carbocycles. The minimum absolute atomic E-state index is 0.0570. The van der Waals surface area contributed by atoms with Crippen LogP contribution in [0.2, 0.25) is 0 Å². The lowest BCUT2D eigenvalue weighted by atomic mass is 9.93. The Balaban J connectivity index is 1.63. The number of urea groups is 1. The van der Waals surface area contributed by atoms with Gasteiger partial charge >= 0.3 is 6.03 Å². The Morgan fingerprint density at radius 3 is 2.73 bits per heavy atom. The number of nitrogens with zero attached hydrogens (tertiary/aromatic N) is 4. The highest BCUT2D eigenvalue weighted by Gasteiger charge is 2.38. The number of fused-ring (bicyclic) bond motifs is 3. The van der Waals surface area contributed by atoms with Crippen molar-refractivity contribution in [1.82, 2.24) is 19.6 Å². The van der Waals surface area contributed by atoms with E-state index in [1.54, 1.807) is 28.9 Å². The van der Waals surface area contributed by atoms with Gasteiger partial charge in [0.2, 0.25) is 0 Å². The third kappa shape index (κ3) is 3.55. The van der Waals surface area contributed by atoms with Crippen LogP contribution >= 0.6 is 0 Å². The number of aromatic nitrogens is 2. The summed E-state index contributed by atoms with van der Waals surface area (Å²) < 4.78 is 15.4. The highest BCUT2D eigenvalue weighted by molar-refractivity contribution is 5.95. The van der Waals surface area contributed by atoms with Crippen LogP contribution in [-0.4, -0.2) is 51.2 Å². The van der Waals surface area contributed by atoms with Crippen LogP contribution in [0.4, 0.5) is 14.9 Å². The molecule has 1 aromatic heterocycles. The van der Waals surface area contributed by atoms with Gasteiger partial charge in [-0.3, -0.25) is 9.48 Å². The molecule has 4 rings (SSSR count). The van der Waals surface area contributed by atoms with Gasteiger partial charge in [-0.1, -0.05) is 13.8 Å². The second-order valence-corrected chi connectivity index (χ2v) is 9.33. The number of carbonyl (C=O) groups excluding carboxylic acids is 2. The predicted octanol–water partition coefficient (Wildman–Crippen LogP) is 3.42. The topological polar surface area (TPSA) is 70.5 Å². The van der Waals surface area contributed by atoms with Gasteiger partial charge in [-0.2, -0.15) is 5.10 Å². The molecule has 8 heteroatoms. The Morgan fingerprint density at radius 1 is 1.30 bits per heavy atom. The SMILES string of the molecule is Cc1cc(NC(=O)N2Cc3c(nn4c3C(=O)N(C)CC(C)(C)C4)C[C@H]2C)ccc1F. The number of anilines is 1. The summed E-state index contributed by atoms with van der Waals surface area (Å²) >= 11 is 0. The van der Waals surface area contributed by atoms with E-state index in [1.807, 2.05) is 18.7 Å². The lowest BCUT2D eigenvalue weighted by molar-refractivity contribution is 0.0750. The van der Waals surface area contributed by atoms with Crippen LogP contribution < -0.4 is 5.32 Å². The molecule has 0 fully saturated rings. The Kier molecular flexibility index (Phi) is 4.83. The van der Waals surface area contributed by atoms with Gasteiger partial charge < -0.3 is 15.1 Å². The fourth-order valence-corrected chi connectivity index (χ4v) is 4.49. The Morgan fingerprint density at radius 2 is 2.03 bits per heavy atom. The lowest BCUT2D eigenvalue weighted by Crippen LogP contribution is -2.45. The number of halogens is 1. The molecule has 160 valence electrons. The normalized spacial score (nSPS) is 20.5. The van der Waals surface area contributed by atoms with Crippen LogP contribution in [-0.2, 0) is 19.5 Å². The quantitative estimate of drug-likeness (QED) is 0.779. The fourth-order valence-electron chi connectivity index (χ4n) is 4.49. The summed E-state index contributed by atoms with van der Waals surface area (Å²) in [5.41, 5.74) is 3.23. The van der Waals surface area contributed by atoms with E-state index in [1.165, 1.54) is 6.07 Å². The minimum Gasteiger partial charge on any atom is -0.340 e. The van der Waals surface area contributed by atoms with Crippen LogP contribution in [0.15, 0.2) is 18.2 Å². The average molecular weight is 413 g/mol. The van der Waals surface area contributed by atoms with Crippen LogP contribution in [0, 0.1) is 18.2 Å². The molecular formula is C22H28FN5O2. The van der Waals surface area contributed by atoms with Crippen molar-refractivity contribution < 1.29 is 14.0 Å². The third-order valence-electron chi connectivity index (χ3n) is 5.95. The molecule has 1 atom stereocenters. The first kappa shape index (κ1) is 20.4. The molecule has 1 N–H and O–H groups in total. The molecule has 2 aromatic rings. The zero-order chi connectivity index (χ0) is 21.8. The van der Waals surface area contributed by atoms with Crippen LogP contribution in [0.1, 0.15) is 48.1 Å².